The summed E-state index contributed by atoms with van der Waals surface area (Å²) in [6.07, 6.45) is 7.62. The van der Waals surface area contributed by atoms with E-state index in [1.807, 2.05) is 30.9 Å². The molecule has 0 N–H and O–H groups in total. The average Bonchev–Trinajstić information content (AvgIpc) is 3.94. The van der Waals surface area contributed by atoms with Gasteiger partial charge in [-0.25, -0.2) is 0 Å². The van der Waals surface area contributed by atoms with Gasteiger partial charge in [0, 0.05) is 68.5 Å². The molecular formula is C52H34N4OSi. The molecule has 0 saturated heterocycles. The van der Waals surface area contributed by atoms with Crippen LogP contribution in [0.5, 0.6) is 0 Å². The third-order valence-electron chi connectivity index (χ3n) is 12.0. The Kier molecular flexibility index (Phi) is 7.18. The largest absolute Gasteiger partial charge is 0.456 e. The second-order valence-corrected chi connectivity index (χ2v) is 18.8. The quantitative estimate of drug-likeness (QED) is 0.125. The molecule has 0 aliphatic rings. The molecule has 6 heteroatoms. The normalized spacial score (nSPS) is 12.1. The van der Waals surface area contributed by atoms with Crippen molar-refractivity contribution in [3.8, 4) is 11.4 Å². The van der Waals surface area contributed by atoms with E-state index in [2.05, 4.69) is 195 Å². The number of aromatic nitrogens is 4. The summed E-state index contributed by atoms with van der Waals surface area (Å²) in [6.45, 7) is 0. The maximum absolute atomic E-state index is 6.40. The van der Waals surface area contributed by atoms with Crippen LogP contribution in [-0.2, 0) is 0 Å². The topological polar surface area (TPSA) is 48.8 Å². The van der Waals surface area contributed by atoms with Crippen molar-refractivity contribution in [1.82, 2.24) is 19.1 Å². The summed E-state index contributed by atoms with van der Waals surface area (Å²) in [5, 5.41) is 12.1. The highest BCUT2D eigenvalue weighted by Crippen LogP contribution is 2.38. The van der Waals surface area contributed by atoms with Crippen LogP contribution in [0.2, 0.25) is 0 Å². The zero-order chi connectivity index (χ0) is 38.2. The van der Waals surface area contributed by atoms with Gasteiger partial charge in [-0.2, -0.15) is 0 Å². The number of benzene rings is 7. The number of hydrogen-bond donors (Lipinski definition) is 0. The van der Waals surface area contributed by atoms with Crippen LogP contribution in [0.15, 0.2) is 211 Å². The van der Waals surface area contributed by atoms with Crippen molar-refractivity contribution in [3.05, 3.63) is 207 Å². The Labute approximate surface area is 334 Å². The summed E-state index contributed by atoms with van der Waals surface area (Å²) in [6, 6.07) is 66.7. The minimum Gasteiger partial charge on any atom is -0.456 e. The number of rotatable bonds is 6. The lowest BCUT2D eigenvalue weighted by Crippen LogP contribution is -2.74. The molecule has 0 amide bonds. The van der Waals surface area contributed by atoms with Crippen LogP contribution >= 0.6 is 0 Å². The summed E-state index contributed by atoms with van der Waals surface area (Å²) in [5.41, 5.74) is 8.58. The van der Waals surface area contributed by atoms with Gasteiger partial charge in [0.15, 0.2) is 8.07 Å². The first-order valence-electron chi connectivity index (χ1n) is 19.6. The minimum absolute atomic E-state index is 0.905. The Morgan fingerprint density at radius 3 is 1.62 bits per heavy atom. The molecule has 5 nitrogen and oxygen atoms in total. The summed E-state index contributed by atoms with van der Waals surface area (Å²) in [5.74, 6) is 0. The molecule has 0 radical (unpaired) electrons. The standard InChI is InChI=1S/C52H34N4OSi/c1-3-13-37(14-4-1)58(38-15-5-2-6-16-38,39-24-22-35(23-25-39)55-48-26-28-53-33-45(48)46-34-54-29-27-49(46)55)40-17-11-12-36(30-40)56-47-20-9-7-18-41(47)43-32-52-44(31-50(43)56)42-19-8-10-21-51(42)57-52/h1-34H. The molecule has 0 unspecified atom stereocenters. The molecule has 0 bridgehead atoms. The maximum atomic E-state index is 6.40. The third kappa shape index (κ3) is 4.70. The number of para-hydroxylation sites is 2. The molecule has 0 spiro atoms. The second-order valence-electron chi connectivity index (χ2n) is 15.0. The zero-order valence-corrected chi connectivity index (χ0v) is 32.3. The van der Waals surface area contributed by atoms with Gasteiger partial charge in [0.2, 0.25) is 0 Å². The second kappa shape index (κ2) is 12.7. The maximum Gasteiger partial charge on any atom is 0.179 e. The summed E-state index contributed by atoms with van der Waals surface area (Å²) >= 11 is 0. The van der Waals surface area contributed by atoms with Gasteiger partial charge in [-0.3, -0.25) is 9.97 Å². The van der Waals surface area contributed by atoms with Crippen LogP contribution in [0.3, 0.4) is 0 Å². The van der Waals surface area contributed by atoms with Crippen molar-refractivity contribution >= 4 is 94.4 Å². The number of pyridine rings is 2. The molecule has 5 aromatic heterocycles. The number of hydrogen-bond acceptors (Lipinski definition) is 3. The number of fused-ring (bicyclic) bond motifs is 9. The van der Waals surface area contributed by atoms with Crippen molar-refractivity contribution < 1.29 is 4.42 Å². The minimum atomic E-state index is -2.92. The predicted molar refractivity (Wildman–Crippen MR) is 242 cm³/mol. The van der Waals surface area contributed by atoms with Gasteiger partial charge < -0.3 is 13.6 Å². The highest BCUT2D eigenvalue weighted by Gasteiger charge is 2.41. The Balaban J connectivity index is 1.11. The Morgan fingerprint density at radius 2 is 0.914 bits per heavy atom. The first-order chi connectivity index (χ1) is 28.8. The van der Waals surface area contributed by atoms with Crippen LogP contribution in [-0.4, -0.2) is 27.2 Å². The fraction of sp³-hybridized carbons (Fsp3) is 0. The fourth-order valence-electron chi connectivity index (χ4n) is 9.57. The summed E-state index contributed by atoms with van der Waals surface area (Å²) in [7, 11) is -2.92. The van der Waals surface area contributed by atoms with E-state index in [1.165, 1.54) is 37.0 Å². The van der Waals surface area contributed by atoms with Crippen molar-refractivity contribution in [2.24, 2.45) is 0 Å². The van der Waals surface area contributed by atoms with Crippen molar-refractivity contribution in [1.29, 1.82) is 0 Å². The Hall–Kier alpha value is -7.54. The molecule has 272 valence electrons. The average molecular weight is 759 g/mol. The first-order valence-corrected chi connectivity index (χ1v) is 21.6. The first kappa shape index (κ1) is 32.7. The number of furan rings is 1. The van der Waals surface area contributed by atoms with Gasteiger partial charge in [0.1, 0.15) is 11.2 Å². The van der Waals surface area contributed by atoms with Crippen molar-refractivity contribution in [2.75, 3.05) is 0 Å². The van der Waals surface area contributed by atoms with Gasteiger partial charge in [-0.15, -0.1) is 0 Å². The Bertz CT molecular complexity index is 3420. The lowest BCUT2D eigenvalue weighted by Gasteiger charge is -2.35. The van der Waals surface area contributed by atoms with Gasteiger partial charge in [-0.1, -0.05) is 121 Å². The number of nitrogens with zero attached hydrogens (tertiary/aromatic N) is 4. The summed E-state index contributed by atoms with van der Waals surface area (Å²) in [4.78, 5) is 8.91. The summed E-state index contributed by atoms with van der Waals surface area (Å²) < 4.78 is 11.2. The molecule has 0 atom stereocenters. The molecule has 0 aliphatic heterocycles. The third-order valence-corrected chi connectivity index (χ3v) is 16.8. The molecule has 0 saturated carbocycles. The van der Waals surface area contributed by atoms with Crippen LogP contribution in [0, 0.1) is 0 Å². The molecular weight excluding hydrogens is 725 g/mol. The highest BCUT2D eigenvalue weighted by molar-refractivity contribution is 7.19. The van der Waals surface area contributed by atoms with Gasteiger partial charge in [-0.05, 0) is 81.4 Å². The monoisotopic (exact) mass is 758 g/mol. The molecule has 58 heavy (non-hydrogen) atoms. The molecule has 0 fully saturated rings. The van der Waals surface area contributed by atoms with Crippen molar-refractivity contribution in [3.63, 3.8) is 0 Å². The Morgan fingerprint density at radius 1 is 0.345 bits per heavy atom. The highest BCUT2D eigenvalue weighted by atomic mass is 28.3. The van der Waals surface area contributed by atoms with E-state index < -0.39 is 8.07 Å². The SMILES string of the molecule is c1ccc([Si](c2ccccc2)(c2ccc(-n3c4ccncc4c4cnccc43)cc2)c2cccc(-n3c4ccccc4c4cc5oc6ccccc6c5cc43)c2)cc1. The zero-order valence-electron chi connectivity index (χ0n) is 31.3. The fourth-order valence-corrected chi connectivity index (χ4v) is 14.3. The van der Waals surface area contributed by atoms with E-state index in [0.717, 1.165) is 60.6 Å². The lowest BCUT2D eigenvalue weighted by molar-refractivity contribution is 0.669. The molecule has 0 aliphatic carbocycles. The molecule has 12 aromatic rings. The van der Waals surface area contributed by atoms with E-state index in [4.69, 9.17) is 4.42 Å². The van der Waals surface area contributed by atoms with E-state index in [-0.39, 0.29) is 0 Å². The van der Waals surface area contributed by atoms with E-state index in [1.54, 1.807) is 0 Å². The molecule has 5 heterocycles. The van der Waals surface area contributed by atoms with E-state index in [0.29, 0.717) is 0 Å². The van der Waals surface area contributed by atoms with Crippen LogP contribution in [0.25, 0.3) is 76.9 Å². The van der Waals surface area contributed by atoms with E-state index in [9.17, 15) is 0 Å². The predicted octanol–water partition coefficient (Wildman–Crippen LogP) is 9.95. The van der Waals surface area contributed by atoms with Crippen molar-refractivity contribution in [2.45, 2.75) is 0 Å². The van der Waals surface area contributed by atoms with Gasteiger partial charge >= 0.3 is 0 Å². The van der Waals surface area contributed by atoms with Crippen LogP contribution < -0.4 is 20.7 Å². The van der Waals surface area contributed by atoms with Crippen LogP contribution in [0.1, 0.15) is 0 Å². The lowest BCUT2D eigenvalue weighted by atomic mass is 10.1. The van der Waals surface area contributed by atoms with Crippen LogP contribution in [0.4, 0.5) is 0 Å². The van der Waals surface area contributed by atoms with Gasteiger partial charge in [0.25, 0.3) is 0 Å². The van der Waals surface area contributed by atoms with E-state index >= 15 is 0 Å². The smallest absolute Gasteiger partial charge is 0.179 e. The van der Waals surface area contributed by atoms with Gasteiger partial charge in [0.05, 0.1) is 22.1 Å². The molecule has 7 aromatic carbocycles. The molecule has 12 rings (SSSR count).